The lowest BCUT2D eigenvalue weighted by Gasteiger charge is -2.30. The van der Waals surface area contributed by atoms with Gasteiger partial charge in [0.05, 0.1) is 28.8 Å². The average molecular weight is 779 g/mol. The first-order valence-corrected chi connectivity index (χ1v) is 20.4. The van der Waals surface area contributed by atoms with Crippen LogP contribution in [0.25, 0.3) is 44.2 Å². The highest BCUT2D eigenvalue weighted by molar-refractivity contribution is 5.92. The van der Waals surface area contributed by atoms with Gasteiger partial charge in [0.25, 0.3) is 0 Å². The predicted octanol–water partition coefficient (Wildman–Crippen LogP) is 7.82. The number of hydrogen-bond acceptors (Lipinski definition) is 8. The van der Waals surface area contributed by atoms with E-state index in [-0.39, 0.29) is 35.7 Å². The molecule has 0 aliphatic carbocycles. The molecule has 4 atom stereocenters. The van der Waals surface area contributed by atoms with E-state index in [4.69, 9.17) is 9.97 Å². The fourth-order valence-electron chi connectivity index (χ4n) is 8.60. The number of aromatic nitrogens is 8. The highest BCUT2D eigenvalue weighted by atomic mass is 16.2. The molecule has 4 aromatic heterocycles. The Morgan fingerprint density at radius 2 is 1.22 bits per heavy atom. The smallest absolute Gasteiger partial charge is 0.246 e. The molecule has 0 radical (unpaired) electrons. The first-order chi connectivity index (χ1) is 28.2. The number of carbonyl (C=O) groups is 2. The van der Waals surface area contributed by atoms with Gasteiger partial charge in [-0.2, -0.15) is 0 Å². The summed E-state index contributed by atoms with van der Waals surface area (Å²) in [6.07, 6.45) is 12.4. The third kappa shape index (κ3) is 7.18. The zero-order valence-corrected chi connectivity index (χ0v) is 33.3. The number of imidazole rings is 4. The minimum atomic E-state index is -0.400. The molecule has 0 bridgehead atoms. The largest absolute Gasteiger partial charge is 0.346 e. The number of nitrogens with one attached hydrogen (secondary N) is 6. The van der Waals surface area contributed by atoms with Crippen molar-refractivity contribution in [2.75, 3.05) is 23.7 Å². The number of aromatic amines is 4. The summed E-state index contributed by atoms with van der Waals surface area (Å²) in [6.45, 7) is 9.58. The Labute approximate surface area is 336 Å². The molecule has 2 fully saturated rings. The van der Waals surface area contributed by atoms with Crippen molar-refractivity contribution < 1.29 is 9.59 Å². The van der Waals surface area contributed by atoms with E-state index in [0.29, 0.717) is 25.0 Å². The van der Waals surface area contributed by atoms with Gasteiger partial charge in [0.1, 0.15) is 23.7 Å². The van der Waals surface area contributed by atoms with Crippen molar-refractivity contribution in [3.05, 3.63) is 97.2 Å². The Bertz CT molecular complexity index is 2540. The van der Waals surface area contributed by atoms with Gasteiger partial charge in [-0.05, 0) is 83.7 Å². The Morgan fingerprint density at radius 1 is 0.672 bits per heavy atom. The van der Waals surface area contributed by atoms with Crippen LogP contribution in [0.2, 0.25) is 0 Å². The lowest BCUT2D eigenvalue weighted by Crippen LogP contribution is -2.45. The molecule has 7 aromatic rings. The number of hydrogen-bond donors (Lipinski definition) is 6. The number of amides is 2. The van der Waals surface area contributed by atoms with Gasteiger partial charge in [-0.25, -0.2) is 19.9 Å². The SMILES string of the molecule is CC(C)[C@H](Nc1ncc[nH]1)C(=O)N1CCC[C@H]1c1nc(-c2ccc3cc(-c4ccc5[nH]c([C@@H]6CCCN6C(=O)[C@@H](Nc6ncc[nH]6)C(C)C)nc5c4)ccc3c2)c[nH]1. The quantitative estimate of drug-likeness (QED) is 0.0727. The van der Waals surface area contributed by atoms with Gasteiger partial charge in [0, 0.05) is 49.6 Å². The van der Waals surface area contributed by atoms with Crippen LogP contribution in [-0.2, 0) is 9.59 Å². The van der Waals surface area contributed by atoms with Crippen LogP contribution in [0.15, 0.2) is 85.6 Å². The minimum absolute atomic E-state index is 0.0580. The van der Waals surface area contributed by atoms with E-state index in [1.165, 1.54) is 0 Å². The number of nitrogens with zero attached hydrogens (tertiary/aromatic N) is 6. The topological polar surface area (TPSA) is 179 Å². The normalized spacial score (nSPS) is 18.2. The summed E-state index contributed by atoms with van der Waals surface area (Å²) in [4.78, 5) is 63.3. The summed E-state index contributed by atoms with van der Waals surface area (Å²) < 4.78 is 0. The molecule has 6 heterocycles. The Balaban J connectivity index is 0.905. The lowest BCUT2D eigenvalue weighted by molar-refractivity contribution is -0.134. The molecule has 298 valence electrons. The van der Waals surface area contributed by atoms with E-state index >= 15 is 0 Å². The maximum absolute atomic E-state index is 13.9. The van der Waals surface area contributed by atoms with Crippen molar-refractivity contribution in [2.24, 2.45) is 11.8 Å². The molecule has 14 heteroatoms. The van der Waals surface area contributed by atoms with E-state index in [0.717, 1.165) is 81.5 Å². The standard InChI is InChI=1S/C44H50N12O2/c1-25(2)37(53-43-45-15-16-46-43)41(57)55-19-5-7-35(55)39-49-24-34(52-39)31-12-11-27-21-28(9-10-29(27)22-31)30-13-14-32-33(23-30)51-40(50-32)36-8-6-20-56(36)42(58)38(26(3)4)54-44-47-17-18-48-44/h9-18,21-26,35-38H,5-8,19-20H2,1-4H3,(H,49,52)(H,50,51)(H2,45,46,53)(H2,47,48,54)/t35-,36-,37-,38-/m0/s1. The van der Waals surface area contributed by atoms with Crippen LogP contribution in [0, 0.1) is 11.8 Å². The molecule has 0 spiro atoms. The van der Waals surface area contributed by atoms with Crippen molar-refractivity contribution in [3.8, 4) is 22.4 Å². The number of anilines is 2. The van der Waals surface area contributed by atoms with Crippen molar-refractivity contribution in [2.45, 2.75) is 77.5 Å². The van der Waals surface area contributed by atoms with E-state index < -0.39 is 12.1 Å². The summed E-state index contributed by atoms with van der Waals surface area (Å²) in [5, 5.41) is 8.83. The molecular formula is C44H50N12O2. The summed E-state index contributed by atoms with van der Waals surface area (Å²) >= 11 is 0. The number of rotatable bonds is 12. The zero-order valence-electron chi connectivity index (χ0n) is 33.3. The molecule has 14 nitrogen and oxygen atoms in total. The summed E-state index contributed by atoms with van der Waals surface area (Å²) in [6, 6.07) is 18.2. The number of likely N-dealkylation sites (tertiary alicyclic amines) is 2. The number of fused-ring (bicyclic) bond motifs is 2. The number of carbonyl (C=O) groups excluding carboxylic acids is 2. The third-order valence-corrected chi connectivity index (χ3v) is 11.7. The summed E-state index contributed by atoms with van der Waals surface area (Å²) in [5.41, 5.74) is 5.87. The van der Waals surface area contributed by atoms with Gasteiger partial charge in [-0.15, -0.1) is 0 Å². The van der Waals surface area contributed by atoms with Gasteiger partial charge in [-0.3, -0.25) is 9.59 Å². The van der Waals surface area contributed by atoms with Crippen molar-refractivity contribution in [1.82, 2.24) is 49.7 Å². The van der Waals surface area contributed by atoms with E-state index in [9.17, 15) is 9.59 Å². The summed E-state index contributed by atoms with van der Waals surface area (Å²) in [5.74, 6) is 3.09. The van der Waals surface area contributed by atoms with Crippen LogP contribution in [-0.4, -0.2) is 86.7 Å². The van der Waals surface area contributed by atoms with Gasteiger partial charge in [-0.1, -0.05) is 58.0 Å². The van der Waals surface area contributed by atoms with Gasteiger partial charge in [0.2, 0.25) is 23.7 Å². The fraction of sp³-hybridized carbons (Fsp3) is 0.364. The molecule has 2 amide bonds. The van der Waals surface area contributed by atoms with E-state index in [1.807, 2.05) is 43.7 Å². The Kier molecular flexibility index (Phi) is 9.92. The minimum Gasteiger partial charge on any atom is -0.346 e. The Hall–Kier alpha value is -6.44. The van der Waals surface area contributed by atoms with Crippen LogP contribution in [0.3, 0.4) is 0 Å². The van der Waals surface area contributed by atoms with Gasteiger partial charge in [0.15, 0.2) is 0 Å². The molecule has 0 unspecified atom stereocenters. The van der Waals surface area contributed by atoms with Crippen molar-refractivity contribution >= 4 is 45.5 Å². The second kappa shape index (κ2) is 15.5. The van der Waals surface area contributed by atoms with Crippen molar-refractivity contribution in [1.29, 1.82) is 0 Å². The molecule has 2 aliphatic heterocycles. The zero-order chi connectivity index (χ0) is 39.9. The second-order valence-electron chi connectivity index (χ2n) is 16.3. The predicted molar refractivity (Wildman–Crippen MR) is 226 cm³/mol. The first kappa shape index (κ1) is 37.2. The van der Waals surface area contributed by atoms with Crippen LogP contribution in [0.4, 0.5) is 11.9 Å². The molecule has 58 heavy (non-hydrogen) atoms. The van der Waals surface area contributed by atoms with Crippen LogP contribution < -0.4 is 10.6 Å². The summed E-state index contributed by atoms with van der Waals surface area (Å²) in [7, 11) is 0. The third-order valence-electron chi connectivity index (χ3n) is 11.7. The molecule has 2 aliphatic rings. The molecule has 3 aromatic carbocycles. The molecule has 0 saturated carbocycles. The maximum Gasteiger partial charge on any atom is 0.246 e. The number of benzene rings is 3. The first-order valence-electron chi connectivity index (χ1n) is 20.4. The van der Waals surface area contributed by atoms with Crippen LogP contribution >= 0.6 is 0 Å². The molecule has 9 rings (SSSR count). The van der Waals surface area contributed by atoms with Gasteiger partial charge >= 0.3 is 0 Å². The van der Waals surface area contributed by atoms with E-state index in [2.05, 4.69) is 95.1 Å². The second-order valence-corrected chi connectivity index (χ2v) is 16.3. The van der Waals surface area contributed by atoms with Crippen molar-refractivity contribution in [3.63, 3.8) is 0 Å². The highest BCUT2D eigenvalue weighted by Crippen LogP contribution is 2.36. The monoisotopic (exact) mass is 778 g/mol. The van der Waals surface area contributed by atoms with Crippen LogP contribution in [0.1, 0.15) is 77.1 Å². The maximum atomic E-state index is 13.9. The molecule has 6 N–H and O–H groups in total. The van der Waals surface area contributed by atoms with E-state index in [1.54, 1.807) is 24.8 Å². The average Bonchev–Trinajstić information content (AvgIpc) is 4.08. The number of H-pyrrole nitrogens is 4. The fourth-order valence-corrected chi connectivity index (χ4v) is 8.60. The molecular weight excluding hydrogens is 729 g/mol. The lowest BCUT2D eigenvalue weighted by atomic mass is 9.99. The molecule has 2 saturated heterocycles. The highest BCUT2D eigenvalue weighted by Gasteiger charge is 2.38. The van der Waals surface area contributed by atoms with Gasteiger partial charge < -0.3 is 40.4 Å². The van der Waals surface area contributed by atoms with Crippen LogP contribution in [0.5, 0.6) is 0 Å². The Morgan fingerprint density at radius 3 is 1.81 bits per heavy atom.